The fraction of sp³-hybridized carbons (Fsp3) is 0.0800. The van der Waals surface area contributed by atoms with Crippen molar-refractivity contribution in [3.05, 3.63) is 107 Å². The van der Waals surface area contributed by atoms with Gasteiger partial charge in [0.05, 0.1) is 18.8 Å². The molecule has 0 saturated carbocycles. The number of methoxy groups -OCH3 is 1. The van der Waals surface area contributed by atoms with E-state index in [9.17, 15) is 0 Å². The highest BCUT2D eigenvalue weighted by Crippen LogP contribution is 2.35. The second-order valence-corrected chi connectivity index (χ2v) is 8.10. The molecule has 0 N–H and O–H groups in total. The van der Waals surface area contributed by atoms with Gasteiger partial charge in [-0.2, -0.15) is 0 Å². The van der Waals surface area contributed by atoms with E-state index in [0.29, 0.717) is 5.88 Å². The molecule has 5 rings (SSSR count). The van der Waals surface area contributed by atoms with Gasteiger partial charge >= 0.3 is 0 Å². The molecule has 0 spiro atoms. The lowest BCUT2D eigenvalue weighted by molar-refractivity contribution is 0.387. The summed E-state index contributed by atoms with van der Waals surface area (Å²) in [5, 5.41) is 9.95. The molecule has 152 valence electrons. The first kappa shape index (κ1) is 19.5. The highest BCUT2D eigenvalue weighted by atomic mass is 79.9. The number of halogens is 1. The van der Waals surface area contributed by atoms with Crippen LogP contribution in [0.25, 0.3) is 22.2 Å². The van der Waals surface area contributed by atoms with Crippen molar-refractivity contribution in [2.45, 2.75) is 6.04 Å². The van der Waals surface area contributed by atoms with Gasteiger partial charge in [0.25, 0.3) is 0 Å². The third kappa shape index (κ3) is 3.82. The molecule has 2 aromatic heterocycles. The van der Waals surface area contributed by atoms with Crippen molar-refractivity contribution >= 4 is 26.8 Å². The Morgan fingerprint density at radius 1 is 0.903 bits per heavy atom. The lowest BCUT2D eigenvalue weighted by atomic mass is 9.98. The topological polar surface area (TPSA) is 52.8 Å². The molecule has 0 bridgehead atoms. The summed E-state index contributed by atoms with van der Waals surface area (Å²) in [6.45, 7) is 0. The van der Waals surface area contributed by atoms with Gasteiger partial charge in [-0.1, -0.05) is 81.8 Å². The molecule has 0 radical (unpaired) electrons. The van der Waals surface area contributed by atoms with E-state index in [-0.39, 0.29) is 6.04 Å². The standard InChI is InChI=1S/C25H19BrN4O/c1-31-25-21(15-19-14-20(26)12-13-22(19)27-25)24(18-10-6-3-7-11-18)30-16-23(28-29-30)17-8-4-2-5-9-17/h2-16,24H,1H3. The van der Waals surface area contributed by atoms with Crippen molar-refractivity contribution in [1.82, 2.24) is 20.0 Å². The maximum absolute atomic E-state index is 5.71. The summed E-state index contributed by atoms with van der Waals surface area (Å²) < 4.78 is 8.59. The van der Waals surface area contributed by atoms with E-state index >= 15 is 0 Å². The van der Waals surface area contributed by atoms with Crippen molar-refractivity contribution in [3.8, 4) is 17.1 Å². The Balaban J connectivity index is 1.70. The van der Waals surface area contributed by atoms with Crippen molar-refractivity contribution in [1.29, 1.82) is 0 Å². The smallest absolute Gasteiger partial charge is 0.219 e. The number of nitrogens with zero attached hydrogens (tertiary/aromatic N) is 4. The number of ether oxygens (including phenoxy) is 1. The first-order valence-electron chi connectivity index (χ1n) is 9.89. The molecule has 0 aliphatic heterocycles. The molecule has 0 amide bonds. The van der Waals surface area contributed by atoms with Gasteiger partial charge in [-0.3, -0.25) is 0 Å². The molecular weight excluding hydrogens is 452 g/mol. The van der Waals surface area contributed by atoms with Crippen LogP contribution < -0.4 is 4.74 Å². The molecule has 0 fully saturated rings. The second-order valence-electron chi connectivity index (χ2n) is 7.19. The zero-order valence-corrected chi connectivity index (χ0v) is 18.4. The number of hydrogen-bond acceptors (Lipinski definition) is 4. The van der Waals surface area contributed by atoms with Gasteiger partial charge < -0.3 is 4.74 Å². The van der Waals surface area contributed by atoms with E-state index in [4.69, 9.17) is 9.72 Å². The van der Waals surface area contributed by atoms with Crippen LogP contribution in [-0.2, 0) is 0 Å². The molecular formula is C25H19BrN4O. The Kier molecular flexibility index (Phi) is 5.22. The van der Waals surface area contributed by atoms with Crippen molar-refractivity contribution in [2.24, 2.45) is 0 Å². The van der Waals surface area contributed by atoms with Crippen molar-refractivity contribution < 1.29 is 4.74 Å². The highest BCUT2D eigenvalue weighted by Gasteiger charge is 2.24. The molecule has 2 heterocycles. The maximum atomic E-state index is 5.71. The Morgan fingerprint density at radius 2 is 1.65 bits per heavy atom. The van der Waals surface area contributed by atoms with Crippen molar-refractivity contribution in [3.63, 3.8) is 0 Å². The summed E-state index contributed by atoms with van der Waals surface area (Å²) in [4.78, 5) is 4.77. The molecule has 5 nitrogen and oxygen atoms in total. The fourth-order valence-corrected chi connectivity index (χ4v) is 4.14. The fourth-order valence-electron chi connectivity index (χ4n) is 3.76. The Hall–Kier alpha value is -3.51. The molecule has 5 aromatic rings. The van der Waals surface area contributed by atoms with Crippen LogP contribution in [0.2, 0.25) is 0 Å². The molecule has 31 heavy (non-hydrogen) atoms. The van der Waals surface area contributed by atoms with Crippen LogP contribution in [0.1, 0.15) is 17.2 Å². The van der Waals surface area contributed by atoms with Crippen LogP contribution in [0.15, 0.2) is 95.6 Å². The van der Waals surface area contributed by atoms with Gasteiger partial charge in [0, 0.05) is 21.0 Å². The third-order valence-corrected chi connectivity index (χ3v) is 5.71. The lowest BCUT2D eigenvalue weighted by Crippen LogP contribution is -2.15. The van der Waals surface area contributed by atoms with Gasteiger partial charge in [0.2, 0.25) is 5.88 Å². The predicted molar refractivity (Wildman–Crippen MR) is 125 cm³/mol. The SMILES string of the molecule is COc1nc2ccc(Br)cc2cc1C(c1ccccc1)n1cc(-c2ccccc2)nn1. The van der Waals surface area contributed by atoms with Crippen LogP contribution in [-0.4, -0.2) is 27.1 Å². The zero-order chi connectivity index (χ0) is 21.2. The van der Waals surface area contributed by atoms with Crippen LogP contribution in [0, 0.1) is 0 Å². The summed E-state index contributed by atoms with van der Waals surface area (Å²) >= 11 is 3.56. The van der Waals surface area contributed by atoms with Gasteiger partial charge in [-0.25, -0.2) is 9.67 Å². The monoisotopic (exact) mass is 470 g/mol. The van der Waals surface area contributed by atoms with Crippen LogP contribution in [0.3, 0.4) is 0 Å². The lowest BCUT2D eigenvalue weighted by Gasteiger charge is -2.20. The largest absolute Gasteiger partial charge is 0.481 e. The molecule has 0 aliphatic rings. The number of pyridine rings is 1. The molecule has 1 unspecified atom stereocenters. The van der Waals surface area contributed by atoms with Gasteiger partial charge in [0.1, 0.15) is 11.7 Å². The van der Waals surface area contributed by atoms with Crippen molar-refractivity contribution in [2.75, 3.05) is 7.11 Å². The summed E-state index contributed by atoms with van der Waals surface area (Å²) in [5.41, 5.74) is 4.70. The molecule has 0 aliphatic carbocycles. The Bertz CT molecular complexity index is 1340. The molecule has 0 saturated heterocycles. The Labute approximate surface area is 188 Å². The number of aromatic nitrogens is 4. The summed E-state index contributed by atoms with van der Waals surface area (Å²) in [6, 6.07) is 28.2. The zero-order valence-electron chi connectivity index (χ0n) is 16.8. The predicted octanol–water partition coefficient (Wildman–Crippen LogP) is 5.90. The summed E-state index contributed by atoms with van der Waals surface area (Å²) in [6.07, 6.45) is 1.97. The number of fused-ring (bicyclic) bond motifs is 1. The average molecular weight is 471 g/mol. The normalized spacial score (nSPS) is 12.1. The second kappa shape index (κ2) is 8.32. The minimum Gasteiger partial charge on any atom is -0.481 e. The van der Waals surface area contributed by atoms with E-state index < -0.39 is 0 Å². The Morgan fingerprint density at radius 3 is 2.39 bits per heavy atom. The number of benzene rings is 3. The molecule has 3 aromatic carbocycles. The third-order valence-electron chi connectivity index (χ3n) is 5.22. The summed E-state index contributed by atoms with van der Waals surface area (Å²) in [7, 11) is 1.65. The molecule has 1 atom stereocenters. The van der Waals surface area contributed by atoms with Gasteiger partial charge in [0.15, 0.2) is 0 Å². The molecule has 6 heteroatoms. The number of rotatable bonds is 5. The minimum absolute atomic E-state index is 0.239. The van der Waals surface area contributed by atoms with E-state index in [2.05, 4.69) is 50.5 Å². The van der Waals surface area contributed by atoms with Gasteiger partial charge in [-0.05, 0) is 29.8 Å². The summed E-state index contributed by atoms with van der Waals surface area (Å²) in [5.74, 6) is 0.570. The van der Waals surface area contributed by atoms with Gasteiger partial charge in [-0.15, -0.1) is 5.10 Å². The van der Waals surface area contributed by atoms with E-state index in [0.717, 1.165) is 37.8 Å². The van der Waals surface area contributed by atoms with Crippen LogP contribution in [0.4, 0.5) is 0 Å². The van der Waals surface area contributed by atoms with E-state index in [1.54, 1.807) is 7.11 Å². The van der Waals surface area contributed by atoms with E-state index in [1.807, 2.05) is 71.5 Å². The average Bonchev–Trinajstić information content (AvgIpc) is 3.30. The first-order valence-corrected chi connectivity index (χ1v) is 10.7. The van der Waals surface area contributed by atoms with E-state index in [1.165, 1.54) is 0 Å². The van der Waals surface area contributed by atoms with Crippen LogP contribution in [0.5, 0.6) is 5.88 Å². The minimum atomic E-state index is -0.239. The van der Waals surface area contributed by atoms with Crippen LogP contribution >= 0.6 is 15.9 Å². The highest BCUT2D eigenvalue weighted by molar-refractivity contribution is 9.10. The maximum Gasteiger partial charge on any atom is 0.219 e. The first-order chi connectivity index (χ1) is 15.2. The number of hydrogen-bond donors (Lipinski definition) is 0. The quantitative estimate of drug-likeness (QED) is 0.320.